The molecule has 0 radical (unpaired) electrons. The minimum atomic E-state index is -0.352. The number of thiophene rings is 1. The normalized spacial score (nSPS) is 10.3. The van der Waals surface area contributed by atoms with Gasteiger partial charge in [-0.2, -0.15) is 0 Å². The molecule has 0 saturated heterocycles. The summed E-state index contributed by atoms with van der Waals surface area (Å²) in [5.41, 5.74) is 0. The maximum Gasteiger partial charge on any atom is 0.261 e. The van der Waals surface area contributed by atoms with E-state index in [1.165, 1.54) is 16.2 Å². The van der Waals surface area contributed by atoms with Gasteiger partial charge in [-0.3, -0.25) is 14.4 Å². The molecule has 0 atom stereocenters. The monoisotopic (exact) mass is 364 g/mol. The fourth-order valence-corrected chi connectivity index (χ4v) is 2.68. The minimum absolute atomic E-state index is 0.0771. The van der Waals surface area contributed by atoms with Crippen molar-refractivity contribution in [2.24, 2.45) is 0 Å². The van der Waals surface area contributed by atoms with E-state index in [-0.39, 0.29) is 30.7 Å². The summed E-state index contributed by atoms with van der Waals surface area (Å²) in [4.78, 5) is 37.6. The summed E-state index contributed by atoms with van der Waals surface area (Å²) in [6.07, 6.45) is 0.752. The van der Waals surface area contributed by atoms with E-state index in [2.05, 4.69) is 15.8 Å². The SMILES string of the molecule is Cc1cc(NC(=O)CN(C)C(=O)CCCNC(=O)c2cccs2)no1. The van der Waals surface area contributed by atoms with E-state index >= 15 is 0 Å². The van der Waals surface area contributed by atoms with Gasteiger partial charge >= 0.3 is 0 Å². The molecule has 2 aromatic rings. The Morgan fingerprint density at radius 3 is 2.80 bits per heavy atom. The van der Waals surface area contributed by atoms with E-state index in [0.29, 0.717) is 29.4 Å². The number of hydrogen-bond acceptors (Lipinski definition) is 6. The van der Waals surface area contributed by atoms with E-state index in [1.54, 1.807) is 26.1 Å². The Balaban J connectivity index is 1.64. The zero-order chi connectivity index (χ0) is 18.2. The third kappa shape index (κ3) is 6.03. The number of anilines is 1. The average molecular weight is 364 g/mol. The van der Waals surface area contributed by atoms with E-state index in [1.807, 2.05) is 11.4 Å². The largest absolute Gasteiger partial charge is 0.360 e. The predicted octanol–water partition coefficient (Wildman–Crippen LogP) is 1.65. The van der Waals surface area contributed by atoms with Gasteiger partial charge in [0, 0.05) is 26.1 Å². The highest BCUT2D eigenvalue weighted by atomic mass is 32.1. The number of aromatic nitrogens is 1. The molecule has 0 unspecified atom stereocenters. The molecule has 2 rings (SSSR count). The molecule has 0 aromatic carbocycles. The van der Waals surface area contributed by atoms with Crippen LogP contribution in [-0.4, -0.2) is 47.9 Å². The first-order chi connectivity index (χ1) is 12.0. The number of amides is 3. The number of aryl methyl sites for hydroxylation is 1. The molecule has 0 aliphatic carbocycles. The number of rotatable bonds is 8. The fraction of sp³-hybridized carbons (Fsp3) is 0.375. The number of carbonyl (C=O) groups excluding carboxylic acids is 3. The molecule has 0 bridgehead atoms. The summed E-state index contributed by atoms with van der Waals surface area (Å²) in [6, 6.07) is 5.15. The molecule has 25 heavy (non-hydrogen) atoms. The van der Waals surface area contributed by atoms with E-state index < -0.39 is 0 Å². The molecule has 2 N–H and O–H groups in total. The van der Waals surface area contributed by atoms with Crippen LogP contribution >= 0.6 is 11.3 Å². The van der Waals surface area contributed by atoms with Crippen molar-refractivity contribution in [1.82, 2.24) is 15.4 Å². The third-order valence-electron chi connectivity index (χ3n) is 3.30. The van der Waals surface area contributed by atoms with Crippen LogP contribution < -0.4 is 10.6 Å². The summed E-state index contributed by atoms with van der Waals surface area (Å²) in [5.74, 6) is 0.244. The minimum Gasteiger partial charge on any atom is -0.360 e. The molecular formula is C16H20N4O4S. The quantitative estimate of drug-likeness (QED) is 0.693. The van der Waals surface area contributed by atoms with Crippen LogP contribution in [-0.2, 0) is 9.59 Å². The lowest BCUT2D eigenvalue weighted by atomic mass is 10.2. The van der Waals surface area contributed by atoms with Gasteiger partial charge in [-0.05, 0) is 24.8 Å². The van der Waals surface area contributed by atoms with E-state index in [9.17, 15) is 14.4 Å². The standard InChI is InChI=1S/C16H20N4O4S/c1-11-9-13(19-24-11)18-14(21)10-20(2)15(22)6-3-7-17-16(23)12-5-4-8-25-12/h4-5,8-9H,3,6-7,10H2,1-2H3,(H,17,23)(H,18,19,21). The zero-order valence-corrected chi connectivity index (χ0v) is 14.9. The molecule has 8 nitrogen and oxygen atoms in total. The lowest BCUT2D eigenvalue weighted by molar-refractivity contribution is -0.133. The Kier molecular flexibility index (Phi) is 6.70. The number of nitrogens with one attached hydrogen (secondary N) is 2. The van der Waals surface area contributed by atoms with E-state index in [0.717, 1.165) is 0 Å². The van der Waals surface area contributed by atoms with Crippen molar-refractivity contribution in [2.45, 2.75) is 19.8 Å². The predicted molar refractivity (Wildman–Crippen MR) is 93.4 cm³/mol. The summed E-state index contributed by atoms with van der Waals surface area (Å²) >= 11 is 1.37. The molecule has 0 fully saturated rings. The molecule has 0 saturated carbocycles. The lowest BCUT2D eigenvalue weighted by Gasteiger charge is -2.16. The second-order valence-electron chi connectivity index (χ2n) is 5.46. The lowest BCUT2D eigenvalue weighted by Crippen LogP contribution is -2.35. The Labute approximate surface area is 149 Å². The summed E-state index contributed by atoms with van der Waals surface area (Å²) < 4.78 is 4.85. The van der Waals surface area contributed by atoms with Crippen LogP contribution in [0.3, 0.4) is 0 Å². The molecule has 2 heterocycles. The van der Waals surface area contributed by atoms with Crippen molar-refractivity contribution in [2.75, 3.05) is 25.5 Å². The van der Waals surface area contributed by atoms with Gasteiger partial charge in [-0.1, -0.05) is 11.2 Å². The summed E-state index contributed by atoms with van der Waals surface area (Å²) in [7, 11) is 1.56. The number of hydrogen-bond donors (Lipinski definition) is 2. The molecule has 0 spiro atoms. The van der Waals surface area contributed by atoms with Gasteiger partial charge in [0.2, 0.25) is 11.8 Å². The maximum atomic E-state index is 12.0. The van der Waals surface area contributed by atoms with Gasteiger partial charge in [0.15, 0.2) is 5.82 Å². The molecule has 0 aliphatic rings. The van der Waals surface area contributed by atoms with Gasteiger partial charge in [0.1, 0.15) is 5.76 Å². The van der Waals surface area contributed by atoms with Crippen LogP contribution in [0.4, 0.5) is 5.82 Å². The highest BCUT2D eigenvalue weighted by Crippen LogP contribution is 2.08. The molecule has 134 valence electrons. The van der Waals surface area contributed by atoms with Gasteiger partial charge < -0.3 is 20.1 Å². The molecular weight excluding hydrogens is 344 g/mol. The van der Waals surface area contributed by atoms with Crippen LogP contribution in [0.1, 0.15) is 28.3 Å². The first-order valence-electron chi connectivity index (χ1n) is 7.74. The Morgan fingerprint density at radius 2 is 2.16 bits per heavy atom. The molecule has 3 amide bonds. The van der Waals surface area contributed by atoms with Crippen LogP contribution in [0.15, 0.2) is 28.1 Å². The zero-order valence-electron chi connectivity index (χ0n) is 14.1. The maximum absolute atomic E-state index is 12.0. The highest BCUT2D eigenvalue weighted by Gasteiger charge is 2.14. The number of nitrogens with zero attached hydrogens (tertiary/aromatic N) is 2. The van der Waals surface area contributed by atoms with Crippen molar-refractivity contribution >= 4 is 34.9 Å². The van der Waals surface area contributed by atoms with Gasteiger partial charge in [-0.25, -0.2) is 0 Å². The average Bonchev–Trinajstić information content (AvgIpc) is 3.22. The molecule has 9 heteroatoms. The first kappa shape index (κ1) is 18.7. The second-order valence-corrected chi connectivity index (χ2v) is 6.41. The van der Waals surface area contributed by atoms with E-state index in [4.69, 9.17) is 4.52 Å². The van der Waals surface area contributed by atoms with Crippen LogP contribution in [0.2, 0.25) is 0 Å². The summed E-state index contributed by atoms with van der Waals surface area (Å²) in [5, 5.41) is 10.8. The van der Waals surface area contributed by atoms with Crippen molar-refractivity contribution in [3.8, 4) is 0 Å². The molecule has 2 aromatic heterocycles. The Bertz CT molecular complexity index is 726. The smallest absolute Gasteiger partial charge is 0.261 e. The van der Waals surface area contributed by atoms with Crippen molar-refractivity contribution in [3.63, 3.8) is 0 Å². The number of carbonyl (C=O) groups is 3. The van der Waals surface area contributed by atoms with Crippen LogP contribution in [0.25, 0.3) is 0 Å². The Hall–Kier alpha value is -2.68. The Morgan fingerprint density at radius 1 is 1.36 bits per heavy atom. The topological polar surface area (TPSA) is 105 Å². The van der Waals surface area contributed by atoms with Crippen molar-refractivity contribution in [3.05, 3.63) is 34.2 Å². The van der Waals surface area contributed by atoms with Crippen molar-refractivity contribution in [1.29, 1.82) is 0 Å². The number of likely N-dealkylation sites (N-methyl/N-ethyl adjacent to an activating group) is 1. The van der Waals surface area contributed by atoms with Crippen molar-refractivity contribution < 1.29 is 18.9 Å². The van der Waals surface area contributed by atoms with Crippen LogP contribution in [0, 0.1) is 6.92 Å². The summed E-state index contributed by atoms with van der Waals surface area (Å²) in [6.45, 7) is 2.04. The second kappa shape index (κ2) is 8.97. The van der Waals surface area contributed by atoms with Crippen LogP contribution in [0.5, 0.6) is 0 Å². The van der Waals surface area contributed by atoms with Gasteiger partial charge in [0.05, 0.1) is 11.4 Å². The highest BCUT2D eigenvalue weighted by molar-refractivity contribution is 7.12. The molecule has 0 aliphatic heterocycles. The van der Waals surface area contributed by atoms with Gasteiger partial charge in [-0.15, -0.1) is 11.3 Å². The third-order valence-corrected chi connectivity index (χ3v) is 4.17. The first-order valence-corrected chi connectivity index (χ1v) is 8.62. The van der Waals surface area contributed by atoms with Gasteiger partial charge in [0.25, 0.3) is 5.91 Å². The fourth-order valence-electron chi connectivity index (χ4n) is 2.04.